The van der Waals surface area contributed by atoms with Crippen LogP contribution in [0.15, 0.2) is 42.5 Å². The van der Waals surface area contributed by atoms with E-state index in [1.807, 2.05) is 24.3 Å². The van der Waals surface area contributed by atoms with E-state index in [1.165, 1.54) is 31.4 Å². The molecule has 2 saturated carbocycles. The topological polar surface area (TPSA) is 78.1 Å². The predicted molar refractivity (Wildman–Crippen MR) is 137 cm³/mol. The van der Waals surface area contributed by atoms with Gasteiger partial charge >= 0.3 is 0 Å². The Morgan fingerprint density at radius 2 is 1.65 bits per heavy atom. The highest BCUT2D eigenvalue weighted by molar-refractivity contribution is 7.93. The summed E-state index contributed by atoms with van der Waals surface area (Å²) in [7, 11) is -3.30. The van der Waals surface area contributed by atoms with Crippen molar-refractivity contribution in [2.75, 3.05) is 22.7 Å². The highest BCUT2D eigenvalue weighted by Gasteiger charge is 2.35. The minimum absolute atomic E-state index is 0.257. The molecule has 0 atom stereocenters. The lowest BCUT2D eigenvalue weighted by Gasteiger charge is -2.31. The Kier molecular flexibility index (Phi) is 5.29. The van der Waals surface area contributed by atoms with Gasteiger partial charge in [0.05, 0.1) is 22.0 Å². The lowest BCUT2D eigenvalue weighted by Crippen LogP contribution is -2.29. The van der Waals surface area contributed by atoms with Crippen LogP contribution < -0.4 is 9.62 Å². The summed E-state index contributed by atoms with van der Waals surface area (Å²) in [5, 5.41) is 10.9. The maximum Gasteiger partial charge on any atom is 0.235 e. The molecule has 0 radical (unpaired) electrons. The third-order valence-corrected chi connectivity index (χ3v) is 9.51. The van der Waals surface area contributed by atoms with Gasteiger partial charge in [-0.05, 0) is 87.3 Å². The summed E-state index contributed by atoms with van der Waals surface area (Å²) in [5.41, 5.74) is 5.57. The predicted octanol–water partition coefficient (Wildman–Crippen LogP) is 5.80. The number of nitrogens with zero attached hydrogens (tertiary/aromatic N) is 3. The van der Waals surface area contributed by atoms with E-state index in [-0.39, 0.29) is 5.25 Å². The van der Waals surface area contributed by atoms with E-state index in [0.717, 1.165) is 60.9 Å². The summed E-state index contributed by atoms with van der Waals surface area (Å²) in [6.45, 7) is 2.18. The van der Waals surface area contributed by atoms with E-state index in [1.54, 1.807) is 0 Å². The summed E-state index contributed by atoms with van der Waals surface area (Å²) in [6, 6.07) is 17.0. The molecule has 6 nitrogen and oxygen atoms in total. The van der Waals surface area contributed by atoms with E-state index in [2.05, 4.69) is 38.5 Å². The molecule has 2 aliphatic carbocycles. The van der Waals surface area contributed by atoms with Gasteiger partial charge in [0, 0.05) is 35.9 Å². The van der Waals surface area contributed by atoms with E-state index < -0.39 is 10.0 Å². The number of aromatic nitrogens is 1. The molecule has 7 heteroatoms. The molecule has 2 aromatic carbocycles. The fourth-order valence-corrected chi connectivity index (χ4v) is 6.78. The van der Waals surface area contributed by atoms with Crippen LogP contribution in [0, 0.1) is 11.3 Å². The average Bonchev–Trinajstić information content (AvgIpc) is 3.64. The molecular formula is C27H30N4O2S. The Labute approximate surface area is 201 Å². The minimum atomic E-state index is -3.30. The van der Waals surface area contributed by atoms with Gasteiger partial charge < -0.3 is 9.47 Å². The van der Waals surface area contributed by atoms with Gasteiger partial charge in [-0.3, -0.25) is 4.72 Å². The average molecular weight is 475 g/mol. The first kappa shape index (κ1) is 21.5. The van der Waals surface area contributed by atoms with Gasteiger partial charge in [-0.15, -0.1) is 0 Å². The van der Waals surface area contributed by atoms with E-state index in [0.29, 0.717) is 17.3 Å². The number of anilines is 2. The smallest absolute Gasteiger partial charge is 0.235 e. The molecule has 1 aliphatic heterocycles. The third kappa shape index (κ3) is 3.74. The van der Waals surface area contributed by atoms with Crippen molar-refractivity contribution < 1.29 is 8.42 Å². The number of hydrogen-bond donors (Lipinski definition) is 1. The minimum Gasteiger partial charge on any atom is -0.371 e. The highest BCUT2D eigenvalue weighted by Crippen LogP contribution is 2.43. The summed E-state index contributed by atoms with van der Waals surface area (Å²) >= 11 is 0. The quantitative estimate of drug-likeness (QED) is 0.490. The lowest BCUT2D eigenvalue weighted by atomic mass is 9.92. The molecule has 34 heavy (non-hydrogen) atoms. The molecule has 3 aromatic rings. The van der Waals surface area contributed by atoms with Crippen molar-refractivity contribution in [1.82, 2.24) is 4.57 Å². The van der Waals surface area contributed by atoms with E-state index >= 15 is 0 Å². The van der Waals surface area contributed by atoms with Crippen LogP contribution in [-0.4, -0.2) is 31.3 Å². The zero-order chi connectivity index (χ0) is 23.3. The number of benzene rings is 2. The van der Waals surface area contributed by atoms with Gasteiger partial charge in [-0.1, -0.05) is 12.1 Å². The van der Waals surface area contributed by atoms with Crippen molar-refractivity contribution >= 4 is 32.3 Å². The molecule has 0 spiro atoms. The zero-order valence-electron chi connectivity index (χ0n) is 19.3. The largest absolute Gasteiger partial charge is 0.371 e. The van der Waals surface area contributed by atoms with Crippen LogP contribution in [-0.2, 0) is 10.0 Å². The molecule has 3 fully saturated rings. The maximum absolute atomic E-state index is 12.3. The van der Waals surface area contributed by atoms with Crippen LogP contribution in [0.2, 0.25) is 0 Å². The summed E-state index contributed by atoms with van der Waals surface area (Å²) in [4.78, 5) is 2.47. The fraction of sp³-hybridized carbons (Fsp3) is 0.444. The molecule has 0 amide bonds. The molecule has 6 rings (SSSR count). The monoisotopic (exact) mass is 474 g/mol. The van der Waals surface area contributed by atoms with Crippen LogP contribution in [0.3, 0.4) is 0 Å². The molecule has 2 heterocycles. The van der Waals surface area contributed by atoms with Crippen LogP contribution in [0.4, 0.5) is 11.4 Å². The van der Waals surface area contributed by atoms with Gasteiger partial charge in [0.15, 0.2) is 0 Å². The Bertz CT molecular complexity index is 1370. The number of piperidine rings is 1. The van der Waals surface area contributed by atoms with Crippen molar-refractivity contribution in [2.45, 2.75) is 62.7 Å². The molecule has 0 bridgehead atoms. The van der Waals surface area contributed by atoms with Crippen molar-refractivity contribution in [3.63, 3.8) is 0 Å². The number of nitriles is 1. The third-order valence-electron chi connectivity index (χ3n) is 7.64. The SMILES string of the molecule is N#Cc1c(-c2ccc(NS(=O)(=O)C3CC3)cc2)n(C2CCC2)c2cc(N3CCCCC3)ccc12. The van der Waals surface area contributed by atoms with Crippen molar-refractivity contribution in [3.05, 3.63) is 48.0 Å². The van der Waals surface area contributed by atoms with Gasteiger partial charge in [0.1, 0.15) is 6.07 Å². The van der Waals surface area contributed by atoms with Crippen molar-refractivity contribution in [2.24, 2.45) is 0 Å². The fourth-order valence-electron chi connectivity index (χ4n) is 5.39. The number of sulfonamides is 1. The molecule has 1 saturated heterocycles. The number of nitrogens with one attached hydrogen (secondary N) is 1. The van der Waals surface area contributed by atoms with Crippen LogP contribution in [0.25, 0.3) is 22.2 Å². The zero-order valence-corrected chi connectivity index (χ0v) is 20.2. The first-order valence-corrected chi connectivity index (χ1v) is 14.0. The second-order valence-corrected chi connectivity index (χ2v) is 11.9. The summed E-state index contributed by atoms with van der Waals surface area (Å²) < 4.78 is 29.7. The molecule has 1 N–H and O–H groups in total. The molecule has 0 unspecified atom stereocenters. The lowest BCUT2D eigenvalue weighted by molar-refractivity contribution is 0.324. The maximum atomic E-state index is 12.3. The van der Waals surface area contributed by atoms with Gasteiger partial charge in [-0.2, -0.15) is 5.26 Å². The van der Waals surface area contributed by atoms with Crippen molar-refractivity contribution in [3.8, 4) is 17.3 Å². The molecule has 1 aromatic heterocycles. The number of rotatable bonds is 6. The Morgan fingerprint density at radius 1 is 0.912 bits per heavy atom. The Balaban J connectivity index is 1.43. The molecule has 176 valence electrons. The van der Waals surface area contributed by atoms with Crippen LogP contribution in [0.1, 0.15) is 63.0 Å². The first-order chi connectivity index (χ1) is 16.5. The first-order valence-electron chi connectivity index (χ1n) is 12.5. The van der Waals surface area contributed by atoms with E-state index in [9.17, 15) is 13.7 Å². The molecular weight excluding hydrogens is 444 g/mol. The van der Waals surface area contributed by atoms with Crippen LogP contribution in [0.5, 0.6) is 0 Å². The van der Waals surface area contributed by atoms with E-state index in [4.69, 9.17) is 0 Å². The summed E-state index contributed by atoms with van der Waals surface area (Å²) in [6.07, 6.45) is 8.68. The van der Waals surface area contributed by atoms with Gasteiger partial charge in [0.25, 0.3) is 0 Å². The van der Waals surface area contributed by atoms with Gasteiger partial charge in [-0.25, -0.2) is 8.42 Å². The highest BCUT2D eigenvalue weighted by atomic mass is 32.2. The van der Waals surface area contributed by atoms with Crippen molar-refractivity contribution in [1.29, 1.82) is 5.26 Å². The summed E-state index contributed by atoms with van der Waals surface area (Å²) in [5.74, 6) is 0. The number of hydrogen-bond acceptors (Lipinski definition) is 4. The second kappa shape index (κ2) is 8.35. The Hall–Kier alpha value is -2.98. The van der Waals surface area contributed by atoms with Gasteiger partial charge in [0.2, 0.25) is 10.0 Å². The second-order valence-electron chi connectivity index (χ2n) is 9.96. The normalized spacial score (nSPS) is 19.1. The van der Waals surface area contributed by atoms with Crippen LogP contribution >= 0.6 is 0 Å². The standard InChI is InChI=1S/C27H30N4O2S/c28-18-25-24-14-11-22(30-15-2-1-3-16-30)17-26(24)31(21-5-4-6-21)27(25)19-7-9-20(10-8-19)29-34(32,33)23-12-13-23/h7-11,14,17,21,23,29H,1-6,12-13,15-16H2. The number of fused-ring (bicyclic) bond motifs is 1. The molecule has 3 aliphatic rings. The Morgan fingerprint density at radius 3 is 2.26 bits per heavy atom.